The topological polar surface area (TPSA) is 75.6 Å². The third kappa shape index (κ3) is 4.29. The molecule has 1 heterocycles. The first-order valence-electron chi connectivity index (χ1n) is 9.20. The molecule has 0 aliphatic heterocycles. The molecule has 0 bridgehead atoms. The molecule has 4 rings (SSSR count). The Labute approximate surface area is 191 Å². The lowest BCUT2D eigenvalue weighted by Crippen LogP contribution is -2.15. The minimum Gasteiger partial charge on any atom is -0.505 e. The molecule has 10 heteroatoms. The van der Waals surface area contributed by atoms with E-state index in [2.05, 4.69) is 4.72 Å². The predicted octanol–water partition coefficient (Wildman–Crippen LogP) is 6.15. The fourth-order valence-electron chi connectivity index (χ4n) is 3.21. The van der Waals surface area contributed by atoms with Gasteiger partial charge in [-0.1, -0.05) is 29.8 Å². The van der Waals surface area contributed by atoms with E-state index in [1.807, 2.05) is 24.3 Å². The molecule has 0 radical (unpaired) electrons. The van der Waals surface area contributed by atoms with Gasteiger partial charge in [-0.3, -0.25) is 4.72 Å². The summed E-state index contributed by atoms with van der Waals surface area (Å²) in [5.41, 5.74) is -0.0339. The summed E-state index contributed by atoms with van der Waals surface area (Å²) in [6.45, 7) is 0.0452. The van der Waals surface area contributed by atoms with Gasteiger partial charge in [0, 0.05) is 28.3 Å². The van der Waals surface area contributed by atoms with Gasteiger partial charge in [-0.15, -0.1) is 11.3 Å². The minimum absolute atomic E-state index is 0.0423. The molecule has 5 nitrogen and oxygen atoms in total. The maximum absolute atomic E-state index is 14.6. The molecule has 0 fully saturated rings. The molecule has 1 aromatic heterocycles. The Morgan fingerprint density at radius 1 is 1.09 bits per heavy atom. The van der Waals surface area contributed by atoms with Crippen LogP contribution in [0.4, 0.5) is 14.5 Å². The predicted molar refractivity (Wildman–Crippen MR) is 122 cm³/mol. The van der Waals surface area contributed by atoms with Crippen LogP contribution in [0.1, 0.15) is 5.56 Å². The third-order valence-corrected chi connectivity index (χ3v) is 7.50. The fourth-order valence-corrected chi connectivity index (χ4v) is 5.82. The van der Waals surface area contributed by atoms with Gasteiger partial charge in [-0.25, -0.2) is 17.2 Å². The molecule has 0 atom stereocenters. The van der Waals surface area contributed by atoms with Crippen LogP contribution >= 0.6 is 22.9 Å². The molecule has 166 valence electrons. The molecule has 0 spiro atoms. The number of benzene rings is 3. The summed E-state index contributed by atoms with van der Waals surface area (Å²) in [5.74, 6) is -2.62. The first-order valence-corrected chi connectivity index (χ1v) is 11.9. The average molecular weight is 496 g/mol. The lowest BCUT2D eigenvalue weighted by Gasteiger charge is -2.14. The zero-order valence-corrected chi connectivity index (χ0v) is 18.9. The Morgan fingerprint density at radius 2 is 1.84 bits per heavy atom. The van der Waals surface area contributed by atoms with Crippen molar-refractivity contribution in [3.8, 4) is 16.2 Å². The highest BCUT2D eigenvalue weighted by atomic mass is 35.5. The Hall–Kier alpha value is -2.72. The minimum atomic E-state index is -4.47. The molecular formula is C22H16ClF2NO4S2. The van der Waals surface area contributed by atoms with E-state index in [1.54, 1.807) is 6.07 Å². The quantitative estimate of drug-likeness (QED) is 0.336. The van der Waals surface area contributed by atoms with E-state index in [9.17, 15) is 22.3 Å². The van der Waals surface area contributed by atoms with Crippen LogP contribution in [0.5, 0.6) is 5.75 Å². The monoisotopic (exact) mass is 495 g/mol. The lowest BCUT2D eigenvalue weighted by atomic mass is 10.1. The highest BCUT2D eigenvalue weighted by Crippen LogP contribution is 2.38. The van der Waals surface area contributed by atoms with E-state index >= 15 is 0 Å². The van der Waals surface area contributed by atoms with Crippen LogP contribution in [0.2, 0.25) is 5.02 Å². The summed E-state index contributed by atoms with van der Waals surface area (Å²) < 4.78 is 62.9. The summed E-state index contributed by atoms with van der Waals surface area (Å²) in [4.78, 5) is -0.0404. The number of ether oxygens (including phenoxy) is 1. The van der Waals surface area contributed by atoms with Crippen LogP contribution in [0.15, 0.2) is 59.5 Å². The van der Waals surface area contributed by atoms with Crippen molar-refractivity contribution in [1.82, 2.24) is 0 Å². The van der Waals surface area contributed by atoms with Crippen molar-refractivity contribution in [3.05, 3.63) is 76.8 Å². The van der Waals surface area contributed by atoms with Crippen molar-refractivity contribution in [2.24, 2.45) is 0 Å². The number of hydrogen-bond acceptors (Lipinski definition) is 5. The van der Waals surface area contributed by atoms with E-state index in [4.69, 9.17) is 16.3 Å². The highest BCUT2D eigenvalue weighted by Gasteiger charge is 2.24. The molecule has 0 aliphatic carbocycles. The molecule has 4 aromatic rings. The number of phenolic OH excluding ortho intramolecular Hbond substituents is 1. The molecule has 32 heavy (non-hydrogen) atoms. The van der Waals surface area contributed by atoms with Crippen molar-refractivity contribution >= 4 is 48.7 Å². The number of thiophene rings is 1. The molecule has 0 unspecified atom stereocenters. The second-order valence-electron chi connectivity index (χ2n) is 6.92. The van der Waals surface area contributed by atoms with E-state index in [0.717, 1.165) is 16.2 Å². The van der Waals surface area contributed by atoms with Gasteiger partial charge in [-0.05, 0) is 41.3 Å². The van der Waals surface area contributed by atoms with E-state index in [-0.39, 0.29) is 17.2 Å². The van der Waals surface area contributed by atoms with Crippen molar-refractivity contribution in [3.63, 3.8) is 0 Å². The number of fused-ring (bicyclic) bond motifs is 1. The molecule has 3 aromatic carbocycles. The van der Waals surface area contributed by atoms with Gasteiger partial charge in [-0.2, -0.15) is 0 Å². The zero-order chi connectivity index (χ0) is 23.0. The number of nitrogens with one attached hydrogen (secondary N) is 1. The molecule has 0 amide bonds. The van der Waals surface area contributed by atoms with E-state index in [1.165, 1.54) is 30.6 Å². The third-order valence-electron chi connectivity index (χ3n) is 4.68. The fraction of sp³-hybridized carbons (Fsp3) is 0.0909. The molecule has 0 saturated heterocycles. The van der Waals surface area contributed by atoms with Gasteiger partial charge in [0.15, 0.2) is 5.75 Å². The summed E-state index contributed by atoms with van der Waals surface area (Å²) in [5, 5.41) is 10.9. The van der Waals surface area contributed by atoms with Crippen LogP contribution in [0.3, 0.4) is 0 Å². The Bertz CT molecular complexity index is 1400. The number of rotatable bonds is 6. The second-order valence-corrected chi connectivity index (χ2v) is 10.1. The van der Waals surface area contributed by atoms with Crippen LogP contribution in [0.25, 0.3) is 20.5 Å². The van der Waals surface area contributed by atoms with Crippen molar-refractivity contribution in [1.29, 1.82) is 0 Å². The lowest BCUT2D eigenvalue weighted by molar-refractivity contribution is 0.184. The molecule has 2 N–H and O–H groups in total. The van der Waals surface area contributed by atoms with Gasteiger partial charge < -0.3 is 9.84 Å². The molecular weight excluding hydrogens is 480 g/mol. The van der Waals surface area contributed by atoms with E-state index in [0.29, 0.717) is 16.5 Å². The number of phenols is 1. The van der Waals surface area contributed by atoms with Crippen molar-refractivity contribution < 1.29 is 27.0 Å². The van der Waals surface area contributed by atoms with Crippen LogP contribution < -0.4 is 4.72 Å². The smallest absolute Gasteiger partial charge is 0.265 e. The van der Waals surface area contributed by atoms with Gasteiger partial charge >= 0.3 is 0 Å². The maximum Gasteiger partial charge on any atom is 0.265 e. The summed E-state index contributed by atoms with van der Waals surface area (Å²) in [6, 6.07) is 13.4. The van der Waals surface area contributed by atoms with Crippen LogP contribution in [0, 0.1) is 11.6 Å². The number of sulfonamides is 1. The average Bonchev–Trinajstić information content (AvgIpc) is 3.16. The largest absolute Gasteiger partial charge is 0.505 e. The molecule has 0 saturated carbocycles. The van der Waals surface area contributed by atoms with Gasteiger partial charge in [0.25, 0.3) is 10.0 Å². The van der Waals surface area contributed by atoms with Crippen LogP contribution in [-0.2, 0) is 21.4 Å². The van der Waals surface area contributed by atoms with Gasteiger partial charge in [0.1, 0.15) is 16.5 Å². The first kappa shape index (κ1) is 22.5. The Balaban J connectivity index is 1.77. The highest BCUT2D eigenvalue weighted by molar-refractivity contribution is 7.92. The molecule has 0 aliphatic rings. The number of halogens is 3. The summed E-state index contributed by atoms with van der Waals surface area (Å²) in [7, 11) is -3.05. The van der Waals surface area contributed by atoms with Gasteiger partial charge in [0.2, 0.25) is 0 Å². The number of anilines is 1. The normalized spacial score (nSPS) is 11.8. The maximum atomic E-state index is 14.6. The zero-order valence-electron chi connectivity index (χ0n) is 16.5. The van der Waals surface area contributed by atoms with Crippen molar-refractivity contribution in [2.45, 2.75) is 11.5 Å². The standard InChI is InChI=1S/C22H16ClF2NO4S2/c1-30-11-12-6-15(23)22(27)21(7-12)32(28,29)26-18-9-14(16(24)10-17(18)25)20-8-13-4-2-3-5-19(13)31-20/h2-10,26-27H,11H2,1H3. The van der Waals surface area contributed by atoms with E-state index < -0.39 is 38.0 Å². The first-order chi connectivity index (χ1) is 15.2. The Morgan fingerprint density at radius 3 is 2.56 bits per heavy atom. The number of aromatic hydroxyl groups is 1. The second kappa shape index (κ2) is 8.67. The number of methoxy groups -OCH3 is 1. The SMILES string of the molecule is COCc1cc(Cl)c(O)c(S(=O)(=O)Nc2cc(-c3cc4ccccc4s3)c(F)cc2F)c1. The van der Waals surface area contributed by atoms with Crippen LogP contribution in [-0.4, -0.2) is 20.6 Å². The van der Waals surface area contributed by atoms with Gasteiger partial charge in [0.05, 0.1) is 17.3 Å². The van der Waals surface area contributed by atoms with Crippen molar-refractivity contribution in [2.75, 3.05) is 11.8 Å². The Kier molecular flexibility index (Phi) is 6.09. The number of hydrogen-bond donors (Lipinski definition) is 2. The summed E-state index contributed by atoms with van der Waals surface area (Å²) in [6.07, 6.45) is 0. The summed E-state index contributed by atoms with van der Waals surface area (Å²) >= 11 is 7.23.